The van der Waals surface area contributed by atoms with Gasteiger partial charge in [0, 0.05) is 54.7 Å². The first-order valence-electron chi connectivity index (χ1n) is 21.0. The first-order chi connectivity index (χ1) is 30.8. The Kier molecular flexibility index (Phi) is 7.54. The van der Waals surface area contributed by atoms with Crippen LogP contribution in [0.4, 0.5) is 0 Å². The summed E-state index contributed by atoms with van der Waals surface area (Å²) in [7, 11) is 0. The van der Waals surface area contributed by atoms with Gasteiger partial charge in [-0.3, -0.25) is 0 Å². The van der Waals surface area contributed by atoms with Crippen LogP contribution >= 0.6 is 0 Å². The summed E-state index contributed by atoms with van der Waals surface area (Å²) in [6.07, 6.45) is 0. The summed E-state index contributed by atoms with van der Waals surface area (Å²) >= 11 is 0. The summed E-state index contributed by atoms with van der Waals surface area (Å²) in [5.41, 5.74) is 9.84. The Balaban J connectivity index is 1.16. The second-order valence-electron chi connectivity index (χ2n) is 15.9. The number of hydrogen-bond acceptors (Lipinski definition) is 3. The number of para-hydroxylation sites is 3. The first-order valence-corrected chi connectivity index (χ1v) is 21.0. The van der Waals surface area contributed by atoms with Gasteiger partial charge < -0.3 is 9.13 Å². The molecule has 0 amide bonds. The number of nitrogens with zero attached hydrogens (tertiary/aromatic N) is 5. The number of fused-ring (bicyclic) bond motifs is 13. The highest BCUT2D eigenvalue weighted by Crippen LogP contribution is 2.46. The van der Waals surface area contributed by atoms with E-state index in [0.717, 1.165) is 49.7 Å². The summed E-state index contributed by atoms with van der Waals surface area (Å²) in [5, 5.41) is 11.8. The van der Waals surface area contributed by atoms with Gasteiger partial charge >= 0.3 is 0 Å². The van der Waals surface area contributed by atoms with Crippen LogP contribution in [0, 0.1) is 0 Å². The second kappa shape index (κ2) is 13.6. The minimum Gasteiger partial charge on any atom is -0.307 e. The zero-order valence-corrected chi connectivity index (χ0v) is 33.4. The molecule has 0 spiro atoms. The molecule has 0 unspecified atom stereocenters. The van der Waals surface area contributed by atoms with Crippen molar-refractivity contribution in [2.45, 2.75) is 0 Å². The lowest BCUT2D eigenvalue weighted by Gasteiger charge is -2.18. The maximum Gasteiger partial charge on any atom is 0.164 e. The van der Waals surface area contributed by atoms with Gasteiger partial charge in [-0.1, -0.05) is 182 Å². The molecule has 0 saturated heterocycles. The van der Waals surface area contributed by atoms with Gasteiger partial charge in [0.05, 0.1) is 27.8 Å². The summed E-state index contributed by atoms with van der Waals surface area (Å²) in [6.45, 7) is 0. The lowest BCUT2D eigenvalue weighted by atomic mass is 9.90. The highest BCUT2D eigenvalue weighted by molar-refractivity contribution is 6.31. The molecule has 10 aromatic carbocycles. The van der Waals surface area contributed by atoms with Crippen LogP contribution < -0.4 is 0 Å². The fourth-order valence-electron chi connectivity index (χ4n) is 9.93. The van der Waals surface area contributed by atoms with Crippen molar-refractivity contribution in [2.75, 3.05) is 0 Å². The molecule has 0 fully saturated rings. The summed E-state index contributed by atoms with van der Waals surface area (Å²) in [5.74, 6) is 1.93. The molecule has 13 aromatic rings. The van der Waals surface area contributed by atoms with Gasteiger partial charge in [-0.05, 0) is 51.9 Å². The molecule has 62 heavy (non-hydrogen) atoms. The van der Waals surface area contributed by atoms with E-state index < -0.39 is 0 Å². The van der Waals surface area contributed by atoms with Crippen molar-refractivity contribution >= 4 is 75.9 Å². The smallest absolute Gasteiger partial charge is 0.164 e. The average molecular weight is 790 g/mol. The minimum atomic E-state index is 0.641. The Bertz CT molecular complexity index is 3810. The van der Waals surface area contributed by atoms with Crippen molar-refractivity contribution in [3.63, 3.8) is 0 Å². The molecule has 0 radical (unpaired) electrons. The Morgan fingerprint density at radius 1 is 0.274 bits per heavy atom. The lowest BCUT2D eigenvalue weighted by molar-refractivity contribution is 1.08. The summed E-state index contributed by atoms with van der Waals surface area (Å²) < 4.78 is 4.98. The van der Waals surface area contributed by atoms with E-state index in [1.807, 2.05) is 36.4 Å². The molecule has 0 bridgehead atoms. The molecule has 0 aliphatic heterocycles. The van der Waals surface area contributed by atoms with E-state index >= 15 is 0 Å². The first kappa shape index (κ1) is 34.5. The van der Waals surface area contributed by atoms with Gasteiger partial charge in [-0.2, -0.15) is 0 Å². The van der Waals surface area contributed by atoms with Crippen molar-refractivity contribution in [2.24, 2.45) is 0 Å². The van der Waals surface area contributed by atoms with Gasteiger partial charge in [0.15, 0.2) is 17.5 Å². The third-order valence-electron chi connectivity index (χ3n) is 12.5. The molecule has 3 heterocycles. The summed E-state index contributed by atoms with van der Waals surface area (Å²) in [6, 6.07) is 75.6. The Morgan fingerprint density at radius 2 is 0.694 bits per heavy atom. The maximum atomic E-state index is 5.21. The number of aromatic nitrogens is 5. The van der Waals surface area contributed by atoms with Gasteiger partial charge in [-0.25, -0.2) is 15.0 Å². The van der Waals surface area contributed by atoms with Crippen molar-refractivity contribution in [1.82, 2.24) is 24.1 Å². The van der Waals surface area contributed by atoms with Crippen LogP contribution in [0.1, 0.15) is 0 Å². The second-order valence-corrected chi connectivity index (χ2v) is 15.9. The predicted octanol–water partition coefficient (Wildman–Crippen LogP) is 14.5. The van der Waals surface area contributed by atoms with Crippen LogP contribution in [-0.2, 0) is 0 Å². The average Bonchev–Trinajstić information content (AvgIpc) is 3.87. The maximum absolute atomic E-state index is 5.21. The van der Waals surface area contributed by atoms with Crippen LogP contribution in [0.3, 0.4) is 0 Å². The van der Waals surface area contributed by atoms with Crippen molar-refractivity contribution in [3.05, 3.63) is 212 Å². The van der Waals surface area contributed by atoms with Crippen LogP contribution in [0.2, 0.25) is 0 Å². The molecule has 3 aromatic heterocycles. The number of hydrogen-bond donors (Lipinski definition) is 0. The molecule has 0 aliphatic carbocycles. The molecular weight excluding hydrogens is 755 g/mol. The zero-order chi connectivity index (χ0) is 40.7. The standard InChI is InChI=1S/C57H35N5/c1-4-18-36(19-5-1)55-58-56(37-20-6-2-7-21-37)60-57(59-55)47-30-16-28-42-44-29-17-33-50(52(44)43-27-11-10-26-41(43)51(42)47)62-49-32-15-13-25-40(49)46-35-34-45-39-24-12-14-31-48(39)61(53(45)54(46)62)38-22-8-3-9-23-38/h1-35H. The fraction of sp³-hybridized carbons (Fsp3) is 0. The Labute approximate surface area is 356 Å². The van der Waals surface area contributed by atoms with E-state index in [2.05, 4.69) is 185 Å². The van der Waals surface area contributed by atoms with Crippen LogP contribution in [0.25, 0.3) is 121 Å². The highest BCUT2D eigenvalue weighted by Gasteiger charge is 2.24. The Hall–Kier alpha value is -8.41. The van der Waals surface area contributed by atoms with Gasteiger partial charge in [0.2, 0.25) is 0 Å². The quantitative estimate of drug-likeness (QED) is 0.163. The van der Waals surface area contributed by atoms with E-state index in [9.17, 15) is 0 Å². The molecule has 5 nitrogen and oxygen atoms in total. The van der Waals surface area contributed by atoms with Crippen molar-refractivity contribution in [3.8, 4) is 45.5 Å². The summed E-state index contributed by atoms with van der Waals surface area (Å²) in [4.78, 5) is 15.4. The van der Waals surface area contributed by atoms with Gasteiger partial charge in [0.1, 0.15) is 0 Å². The van der Waals surface area contributed by atoms with E-state index in [1.165, 1.54) is 54.3 Å². The molecule has 0 atom stereocenters. The molecule has 0 aliphatic rings. The lowest BCUT2D eigenvalue weighted by Crippen LogP contribution is -2.01. The van der Waals surface area contributed by atoms with Crippen LogP contribution in [0.5, 0.6) is 0 Å². The SMILES string of the molecule is c1ccc(-c2nc(-c3ccccc3)nc(-c3cccc4c5cccc(-n6c7ccccc7c7ccc8c9ccccc9n(-c9ccccc9)c8c76)c5c5ccccc5c34)n2)cc1. The number of benzene rings is 10. The third-order valence-corrected chi connectivity index (χ3v) is 12.5. The minimum absolute atomic E-state index is 0.641. The van der Waals surface area contributed by atoms with E-state index in [0.29, 0.717) is 17.5 Å². The molecule has 288 valence electrons. The Morgan fingerprint density at radius 3 is 1.27 bits per heavy atom. The topological polar surface area (TPSA) is 48.5 Å². The van der Waals surface area contributed by atoms with E-state index in [1.54, 1.807) is 0 Å². The largest absolute Gasteiger partial charge is 0.307 e. The third kappa shape index (κ3) is 5.06. The van der Waals surface area contributed by atoms with E-state index in [4.69, 9.17) is 15.0 Å². The zero-order valence-electron chi connectivity index (χ0n) is 33.4. The molecule has 13 rings (SSSR count). The monoisotopic (exact) mass is 789 g/mol. The molecule has 0 N–H and O–H groups in total. The van der Waals surface area contributed by atoms with Gasteiger partial charge in [-0.15, -0.1) is 0 Å². The predicted molar refractivity (Wildman–Crippen MR) is 257 cm³/mol. The molecular formula is C57H35N5. The van der Waals surface area contributed by atoms with Crippen molar-refractivity contribution in [1.29, 1.82) is 0 Å². The highest BCUT2D eigenvalue weighted by atomic mass is 15.1. The number of rotatable bonds is 5. The van der Waals surface area contributed by atoms with Crippen molar-refractivity contribution < 1.29 is 0 Å². The van der Waals surface area contributed by atoms with Gasteiger partial charge in [0.25, 0.3) is 0 Å². The fourth-order valence-corrected chi connectivity index (χ4v) is 9.93. The van der Waals surface area contributed by atoms with Crippen LogP contribution in [-0.4, -0.2) is 24.1 Å². The molecule has 5 heteroatoms. The normalized spacial score (nSPS) is 11.9. The molecule has 0 saturated carbocycles. The van der Waals surface area contributed by atoms with Crippen LogP contribution in [0.15, 0.2) is 212 Å². The van der Waals surface area contributed by atoms with E-state index in [-0.39, 0.29) is 0 Å².